The van der Waals surface area contributed by atoms with Gasteiger partial charge in [0.25, 0.3) is 0 Å². The van der Waals surface area contributed by atoms with Crippen LogP contribution in [-0.2, 0) is 6.42 Å². The molecule has 19 heavy (non-hydrogen) atoms. The summed E-state index contributed by atoms with van der Waals surface area (Å²) in [5.74, 6) is 2.66. The number of aromatic nitrogens is 2. The van der Waals surface area contributed by atoms with Crippen molar-refractivity contribution < 1.29 is 9.26 Å². The zero-order valence-electron chi connectivity index (χ0n) is 10.9. The highest BCUT2D eigenvalue weighted by Gasteiger charge is 2.29. The van der Waals surface area contributed by atoms with E-state index in [1.54, 1.807) is 7.11 Å². The predicted octanol–water partition coefficient (Wildman–Crippen LogP) is 2.02. The van der Waals surface area contributed by atoms with Crippen molar-refractivity contribution >= 4 is 0 Å². The summed E-state index contributed by atoms with van der Waals surface area (Å²) in [5, 5.41) is 3.99. The molecule has 5 nitrogen and oxygen atoms in total. The number of rotatable bonds is 5. The molecule has 1 aromatic carbocycles. The van der Waals surface area contributed by atoms with E-state index in [2.05, 4.69) is 10.1 Å². The molecule has 100 valence electrons. The van der Waals surface area contributed by atoms with Crippen LogP contribution in [0.5, 0.6) is 5.75 Å². The number of nitrogens with zero attached hydrogens (tertiary/aromatic N) is 2. The van der Waals surface area contributed by atoms with Crippen molar-refractivity contribution in [3.05, 3.63) is 30.2 Å². The molecule has 0 radical (unpaired) electrons. The summed E-state index contributed by atoms with van der Waals surface area (Å²) in [4.78, 5) is 4.39. The largest absolute Gasteiger partial charge is 0.497 e. The maximum atomic E-state index is 6.05. The molecule has 1 aliphatic carbocycles. The molecule has 0 spiro atoms. The number of nitrogens with two attached hydrogens (primary N) is 1. The second-order valence-corrected chi connectivity index (χ2v) is 4.95. The zero-order chi connectivity index (χ0) is 13.2. The van der Waals surface area contributed by atoms with Gasteiger partial charge in [0.2, 0.25) is 11.7 Å². The Hall–Kier alpha value is -1.88. The molecule has 0 amide bonds. The fourth-order valence-corrected chi connectivity index (χ4v) is 2.09. The first kappa shape index (κ1) is 12.2. The van der Waals surface area contributed by atoms with Crippen LogP contribution in [0.3, 0.4) is 0 Å². The smallest absolute Gasteiger partial charge is 0.228 e. The third-order valence-electron chi connectivity index (χ3n) is 3.45. The third-order valence-corrected chi connectivity index (χ3v) is 3.45. The molecule has 1 aliphatic rings. The van der Waals surface area contributed by atoms with E-state index >= 15 is 0 Å². The van der Waals surface area contributed by atoms with Gasteiger partial charge < -0.3 is 15.0 Å². The van der Waals surface area contributed by atoms with Crippen LogP contribution < -0.4 is 10.5 Å². The first-order valence-electron chi connectivity index (χ1n) is 6.49. The van der Waals surface area contributed by atoms with Gasteiger partial charge in [-0.25, -0.2) is 0 Å². The molecule has 0 bridgehead atoms. The molecular weight excluding hydrogens is 242 g/mol. The first-order chi connectivity index (χ1) is 9.26. The molecule has 1 unspecified atom stereocenters. The van der Waals surface area contributed by atoms with E-state index in [1.165, 1.54) is 12.8 Å². The lowest BCUT2D eigenvalue weighted by Gasteiger charge is -2.04. The number of methoxy groups -OCH3 is 1. The Balaban J connectivity index is 1.72. The van der Waals surface area contributed by atoms with Crippen molar-refractivity contribution in [1.82, 2.24) is 10.1 Å². The maximum absolute atomic E-state index is 6.05. The van der Waals surface area contributed by atoms with E-state index in [-0.39, 0.29) is 6.04 Å². The molecular formula is C14H17N3O2. The second-order valence-electron chi connectivity index (χ2n) is 4.95. The van der Waals surface area contributed by atoms with E-state index in [9.17, 15) is 0 Å². The molecule has 1 saturated carbocycles. The van der Waals surface area contributed by atoms with Crippen LogP contribution in [0.1, 0.15) is 18.7 Å². The monoisotopic (exact) mass is 259 g/mol. The second kappa shape index (κ2) is 5.01. The van der Waals surface area contributed by atoms with Crippen molar-refractivity contribution in [1.29, 1.82) is 0 Å². The van der Waals surface area contributed by atoms with Crippen LogP contribution >= 0.6 is 0 Å². The van der Waals surface area contributed by atoms with Crippen molar-refractivity contribution in [2.75, 3.05) is 7.11 Å². The topological polar surface area (TPSA) is 74.2 Å². The summed E-state index contributed by atoms with van der Waals surface area (Å²) in [6.07, 6.45) is 3.11. The van der Waals surface area contributed by atoms with Crippen LogP contribution in [0.25, 0.3) is 11.4 Å². The summed E-state index contributed by atoms with van der Waals surface area (Å²) in [7, 11) is 1.64. The summed E-state index contributed by atoms with van der Waals surface area (Å²) in [6, 6.07) is 7.72. The van der Waals surface area contributed by atoms with Crippen molar-refractivity contribution in [2.45, 2.75) is 25.3 Å². The average molecular weight is 259 g/mol. The van der Waals surface area contributed by atoms with Gasteiger partial charge in [0.1, 0.15) is 5.75 Å². The van der Waals surface area contributed by atoms with E-state index in [1.807, 2.05) is 24.3 Å². The van der Waals surface area contributed by atoms with E-state index in [0.717, 1.165) is 11.3 Å². The van der Waals surface area contributed by atoms with Gasteiger partial charge in [0, 0.05) is 18.0 Å². The highest BCUT2D eigenvalue weighted by molar-refractivity contribution is 5.55. The van der Waals surface area contributed by atoms with Gasteiger partial charge in [-0.2, -0.15) is 4.98 Å². The molecule has 1 aromatic heterocycles. The summed E-state index contributed by atoms with van der Waals surface area (Å²) in [6.45, 7) is 0. The molecule has 1 fully saturated rings. The summed E-state index contributed by atoms with van der Waals surface area (Å²) < 4.78 is 10.4. The summed E-state index contributed by atoms with van der Waals surface area (Å²) in [5.41, 5.74) is 6.97. The normalized spacial score (nSPS) is 16.3. The fourth-order valence-electron chi connectivity index (χ4n) is 2.09. The number of hydrogen-bond donors (Lipinski definition) is 1. The molecule has 2 N–H and O–H groups in total. The minimum atomic E-state index is 0.143. The Morgan fingerprint density at radius 1 is 1.37 bits per heavy atom. The fraction of sp³-hybridized carbons (Fsp3) is 0.429. The van der Waals surface area contributed by atoms with Crippen molar-refractivity contribution in [2.24, 2.45) is 11.7 Å². The summed E-state index contributed by atoms with van der Waals surface area (Å²) >= 11 is 0. The Morgan fingerprint density at radius 3 is 2.74 bits per heavy atom. The standard InChI is InChI=1S/C14H17N3O2/c1-18-11-6-4-10(5-7-11)14-16-13(19-17-14)8-12(15)9-2-3-9/h4-7,9,12H,2-3,8,15H2,1H3. The van der Waals surface area contributed by atoms with Crippen LogP contribution in [0.4, 0.5) is 0 Å². The minimum Gasteiger partial charge on any atom is -0.497 e. The zero-order valence-corrected chi connectivity index (χ0v) is 10.9. The molecule has 0 saturated heterocycles. The highest BCUT2D eigenvalue weighted by atomic mass is 16.5. The predicted molar refractivity (Wildman–Crippen MR) is 70.7 cm³/mol. The van der Waals surface area contributed by atoms with Gasteiger partial charge in [-0.1, -0.05) is 5.16 Å². The van der Waals surface area contributed by atoms with Gasteiger partial charge in [0.15, 0.2) is 0 Å². The quantitative estimate of drug-likeness (QED) is 0.889. The Labute approximate surface area is 111 Å². The van der Waals surface area contributed by atoms with Crippen molar-refractivity contribution in [3.63, 3.8) is 0 Å². The van der Waals surface area contributed by atoms with Gasteiger partial charge in [0.05, 0.1) is 7.11 Å². The average Bonchev–Trinajstić information content (AvgIpc) is 3.20. The van der Waals surface area contributed by atoms with Gasteiger partial charge >= 0.3 is 0 Å². The lowest BCUT2D eigenvalue weighted by molar-refractivity contribution is 0.364. The lowest BCUT2D eigenvalue weighted by atomic mass is 10.1. The first-order valence-corrected chi connectivity index (χ1v) is 6.49. The SMILES string of the molecule is COc1ccc(-c2noc(CC(N)C3CC3)n2)cc1. The van der Waals surface area contributed by atoms with Crippen molar-refractivity contribution in [3.8, 4) is 17.1 Å². The van der Waals surface area contributed by atoms with Gasteiger partial charge in [-0.05, 0) is 43.0 Å². The van der Waals surface area contributed by atoms with Gasteiger partial charge in [-0.15, -0.1) is 0 Å². The van der Waals surface area contributed by atoms with E-state index in [4.69, 9.17) is 15.0 Å². The van der Waals surface area contributed by atoms with Crippen LogP contribution in [0.15, 0.2) is 28.8 Å². The highest BCUT2D eigenvalue weighted by Crippen LogP contribution is 2.32. The molecule has 1 heterocycles. The maximum Gasteiger partial charge on any atom is 0.228 e. The van der Waals surface area contributed by atoms with Crippen LogP contribution in [0, 0.1) is 5.92 Å². The molecule has 1 atom stereocenters. The lowest BCUT2D eigenvalue weighted by Crippen LogP contribution is -2.25. The third kappa shape index (κ3) is 2.76. The number of hydrogen-bond acceptors (Lipinski definition) is 5. The van der Waals surface area contributed by atoms with E-state index < -0.39 is 0 Å². The number of ether oxygens (including phenoxy) is 1. The molecule has 5 heteroatoms. The molecule has 0 aliphatic heterocycles. The van der Waals surface area contributed by atoms with Crippen LogP contribution in [-0.4, -0.2) is 23.3 Å². The number of benzene rings is 1. The molecule has 2 aromatic rings. The van der Waals surface area contributed by atoms with Crippen LogP contribution in [0.2, 0.25) is 0 Å². The Bertz CT molecular complexity index is 546. The molecule has 3 rings (SSSR count). The minimum absolute atomic E-state index is 0.143. The van der Waals surface area contributed by atoms with Gasteiger partial charge in [-0.3, -0.25) is 0 Å². The van der Waals surface area contributed by atoms with E-state index in [0.29, 0.717) is 24.1 Å². The Morgan fingerprint density at radius 2 is 2.11 bits per heavy atom. The Kier molecular flexibility index (Phi) is 3.21.